The maximum Gasteiger partial charge on any atom is 0.319 e. The second-order valence-corrected chi connectivity index (χ2v) is 8.50. The molecule has 2 atom stereocenters. The van der Waals surface area contributed by atoms with Gasteiger partial charge in [-0.3, -0.25) is 14.4 Å². The molecule has 12 heteroatoms. The first-order chi connectivity index (χ1) is 15.8. The molecular formula is C21H23Cl2N3O6S. The van der Waals surface area contributed by atoms with E-state index >= 15 is 0 Å². The van der Waals surface area contributed by atoms with Gasteiger partial charge in [0, 0.05) is 19.6 Å². The second-order valence-electron chi connectivity index (χ2n) is 6.70. The number of nitrogens with one attached hydrogen (secondary N) is 2. The van der Waals surface area contributed by atoms with Crippen molar-refractivity contribution in [3.8, 4) is 11.8 Å². The van der Waals surface area contributed by atoms with Gasteiger partial charge < -0.3 is 24.8 Å². The van der Waals surface area contributed by atoms with Gasteiger partial charge in [-0.15, -0.1) is 0 Å². The van der Waals surface area contributed by atoms with Crippen molar-refractivity contribution in [2.24, 2.45) is 5.92 Å². The molecule has 0 unspecified atom stereocenters. The number of amides is 2. The van der Waals surface area contributed by atoms with Gasteiger partial charge in [0.25, 0.3) is 0 Å². The number of nitriles is 1. The molecule has 1 aliphatic heterocycles. The van der Waals surface area contributed by atoms with Crippen molar-refractivity contribution in [3.05, 3.63) is 38.3 Å². The number of ether oxygens (including phenoxy) is 3. The molecule has 2 amide bonds. The van der Waals surface area contributed by atoms with Gasteiger partial charge in [-0.1, -0.05) is 35.0 Å². The molecule has 0 spiro atoms. The molecule has 1 aliphatic rings. The lowest BCUT2D eigenvalue weighted by molar-refractivity contribution is -0.150. The maximum atomic E-state index is 12.9. The number of carbonyl (C=O) groups is 3. The van der Waals surface area contributed by atoms with Crippen LogP contribution in [-0.2, 0) is 23.9 Å². The first kappa shape index (κ1) is 26.8. The molecule has 9 nitrogen and oxygen atoms in total. The Hall–Kier alpha value is -2.45. The molecule has 0 saturated heterocycles. The molecule has 0 aliphatic carbocycles. The summed E-state index contributed by atoms with van der Waals surface area (Å²) >= 11 is 13.6. The Kier molecular flexibility index (Phi) is 10.3. The highest BCUT2D eigenvalue weighted by molar-refractivity contribution is 8.03. The fourth-order valence-electron chi connectivity index (χ4n) is 3.20. The highest BCUT2D eigenvalue weighted by atomic mass is 35.5. The minimum Gasteiger partial charge on any atom is -0.491 e. The number of halogens is 2. The van der Waals surface area contributed by atoms with E-state index in [1.807, 2.05) is 0 Å². The maximum absolute atomic E-state index is 12.9. The number of nitrogens with zero attached hydrogens (tertiary/aromatic N) is 1. The van der Waals surface area contributed by atoms with Crippen molar-refractivity contribution in [1.29, 1.82) is 5.26 Å². The number of methoxy groups -OCH3 is 2. The van der Waals surface area contributed by atoms with Gasteiger partial charge in [0.2, 0.25) is 11.8 Å². The van der Waals surface area contributed by atoms with Gasteiger partial charge in [0.15, 0.2) is 5.75 Å². The van der Waals surface area contributed by atoms with E-state index in [4.69, 9.17) is 37.4 Å². The van der Waals surface area contributed by atoms with Crippen LogP contribution >= 0.6 is 35.0 Å². The second kappa shape index (κ2) is 12.7. The third kappa shape index (κ3) is 6.54. The van der Waals surface area contributed by atoms with Gasteiger partial charge in [0.1, 0.15) is 5.92 Å². The summed E-state index contributed by atoms with van der Waals surface area (Å²) in [4.78, 5) is 37.4. The van der Waals surface area contributed by atoms with Crippen molar-refractivity contribution in [3.63, 3.8) is 0 Å². The lowest BCUT2D eigenvalue weighted by Gasteiger charge is -2.31. The smallest absolute Gasteiger partial charge is 0.319 e. The fourth-order valence-corrected chi connectivity index (χ4v) is 4.69. The van der Waals surface area contributed by atoms with Gasteiger partial charge in [-0.2, -0.15) is 5.26 Å². The molecule has 0 bridgehead atoms. The molecule has 0 fully saturated rings. The van der Waals surface area contributed by atoms with Crippen LogP contribution in [0.5, 0.6) is 5.75 Å². The lowest BCUT2D eigenvalue weighted by Crippen LogP contribution is -2.44. The summed E-state index contributed by atoms with van der Waals surface area (Å²) < 4.78 is 15.1. The van der Waals surface area contributed by atoms with Crippen molar-refractivity contribution in [2.75, 3.05) is 39.7 Å². The lowest BCUT2D eigenvalue weighted by atomic mass is 9.78. The van der Waals surface area contributed by atoms with Crippen LogP contribution in [0.1, 0.15) is 18.4 Å². The van der Waals surface area contributed by atoms with E-state index < -0.39 is 23.7 Å². The van der Waals surface area contributed by atoms with Crippen molar-refractivity contribution in [2.45, 2.75) is 12.8 Å². The van der Waals surface area contributed by atoms with Crippen molar-refractivity contribution >= 4 is 52.7 Å². The molecule has 178 valence electrons. The first-order valence-electron chi connectivity index (χ1n) is 9.82. The average Bonchev–Trinajstić information content (AvgIpc) is 2.79. The Morgan fingerprint density at radius 3 is 2.48 bits per heavy atom. The molecule has 0 radical (unpaired) electrons. The molecule has 1 heterocycles. The third-order valence-electron chi connectivity index (χ3n) is 4.63. The third-order valence-corrected chi connectivity index (χ3v) is 6.21. The zero-order chi connectivity index (χ0) is 24.5. The van der Waals surface area contributed by atoms with Gasteiger partial charge in [-0.05, 0) is 24.6 Å². The summed E-state index contributed by atoms with van der Waals surface area (Å²) in [6, 6.07) is 5.04. The molecule has 33 heavy (non-hydrogen) atoms. The minimum absolute atomic E-state index is 0.0646. The fraction of sp³-hybridized carbons (Fsp3) is 0.429. The number of allylic oxidation sites excluding steroid dienone is 1. The molecule has 1 aromatic carbocycles. The highest BCUT2D eigenvalue weighted by Gasteiger charge is 2.44. The van der Waals surface area contributed by atoms with E-state index in [1.165, 1.54) is 19.2 Å². The Morgan fingerprint density at radius 1 is 1.27 bits per heavy atom. The summed E-state index contributed by atoms with van der Waals surface area (Å²) in [7, 11) is 2.66. The predicted molar refractivity (Wildman–Crippen MR) is 124 cm³/mol. The van der Waals surface area contributed by atoms with Crippen LogP contribution in [0.4, 0.5) is 0 Å². The molecule has 0 saturated carbocycles. The first-order valence-corrected chi connectivity index (χ1v) is 11.6. The zero-order valence-corrected chi connectivity index (χ0v) is 20.5. The van der Waals surface area contributed by atoms with E-state index in [-0.39, 0.29) is 38.1 Å². The predicted octanol–water partition coefficient (Wildman–Crippen LogP) is 2.63. The van der Waals surface area contributed by atoms with Crippen LogP contribution < -0.4 is 15.4 Å². The van der Waals surface area contributed by atoms with E-state index in [9.17, 15) is 19.6 Å². The number of hydrogen-bond acceptors (Lipinski definition) is 8. The van der Waals surface area contributed by atoms with Crippen LogP contribution in [0.3, 0.4) is 0 Å². The average molecular weight is 516 g/mol. The summed E-state index contributed by atoms with van der Waals surface area (Å²) in [5.41, 5.74) is 0.439. The standard InChI is InChI=1S/C21H23Cl2N3O6S/c1-4-32-18-13(22)7-11(8-14(18)23)16-12(9-24)20(26-19(28)17(16)21(29)31-3)33-10-15(27)25-5-6-30-2/h7-8,16-17H,4-6,10H2,1-3H3,(H,25,27)(H,26,28)/t16-,17+/m0/s1. The number of benzene rings is 1. The largest absolute Gasteiger partial charge is 0.491 e. The molecule has 0 aromatic heterocycles. The molecule has 2 N–H and O–H groups in total. The summed E-state index contributed by atoms with van der Waals surface area (Å²) in [5, 5.41) is 15.6. The van der Waals surface area contributed by atoms with Gasteiger partial charge >= 0.3 is 5.97 Å². The van der Waals surface area contributed by atoms with E-state index in [0.717, 1.165) is 18.9 Å². The molecule has 2 rings (SSSR count). The van der Waals surface area contributed by atoms with E-state index in [1.54, 1.807) is 6.92 Å². The Labute approximate surface area is 205 Å². The highest BCUT2D eigenvalue weighted by Crippen LogP contribution is 2.44. The van der Waals surface area contributed by atoms with E-state index in [2.05, 4.69) is 16.7 Å². The zero-order valence-electron chi connectivity index (χ0n) is 18.2. The van der Waals surface area contributed by atoms with Gasteiger partial charge in [-0.25, -0.2) is 0 Å². The van der Waals surface area contributed by atoms with Crippen molar-refractivity contribution < 1.29 is 28.6 Å². The topological polar surface area (TPSA) is 127 Å². The summed E-state index contributed by atoms with van der Waals surface area (Å²) in [5.74, 6) is -4.00. The summed E-state index contributed by atoms with van der Waals surface area (Å²) in [6.45, 7) is 2.76. The van der Waals surface area contributed by atoms with Crippen LogP contribution in [0.2, 0.25) is 10.0 Å². The Bertz CT molecular complexity index is 972. The normalized spacial score (nSPS) is 17.8. The Balaban J connectivity index is 2.48. The van der Waals surface area contributed by atoms with E-state index in [0.29, 0.717) is 25.3 Å². The van der Waals surface area contributed by atoms with Crippen LogP contribution in [0.15, 0.2) is 22.7 Å². The molecule has 1 aromatic rings. The molecular weight excluding hydrogens is 493 g/mol. The number of thioether (sulfide) groups is 1. The SMILES string of the molecule is CCOc1c(Cl)cc([C@H]2C(C#N)=C(SCC(=O)NCCOC)NC(=O)[C@@H]2C(=O)OC)cc1Cl. The quantitative estimate of drug-likeness (QED) is 0.276. The number of hydrogen-bond donors (Lipinski definition) is 2. The van der Waals surface area contributed by atoms with Crippen LogP contribution in [0.25, 0.3) is 0 Å². The van der Waals surface area contributed by atoms with Crippen molar-refractivity contribution in [1.82, 2.24) is 10.6 Å². The number of carbonyl (C=O) groups excluding carboxylic acids is 3. The van der Waals surface area contributed by atoms with Crippen LogP contribution in [-0.4, -0.2) is 57.5 Å². The van der Waals surface area contributed by atoms with Gasteiger partial charge in [0.05, 0.1) is 52.8 Å². The summed E-state index contributed by atoms with van der Waals surface area (Å²) in [6.07, 6.45) is 0. The number of esters is 1. The van der Waals surface area contributed by atoms with Crippen LogP contribution in [0, 0.1) is 17.2 Å². The minimum atomic E-state index is -1.35. The monoisotopic (exact) mass is 515 g/mol. The Morgan fingerprint density at radius 2 is 1.94 bits per heavy atom. The number of rotatable bonds is 10.